The van der Waals surface area contributed by atoms with Gasteiger partial charge in [0.05, 0.1) is 18.7 Å². The van der Waals surface area contributed by atoms with Crippen LogP contribution in [0.15, 0.2) is 48.5 Å². The third kappa shape index (κ3) is 5.54. The Morgan fingerprint density at radius 3 is 2.38 bits per heavy atom. The lowest BCUT2D eigenvalue weighted by atomic mass is 10.1. The smallest absolute Gasteiger partial charge is 0.255 e. The van der Waals surface area contributed by atoms with E-state index in [1.54, 1.807) is 43.5 Å². The van der Waals surface area contributed by atoms with E-state index in [9.17, 15) is 4.79 Å². The van der Waals surface area contributed by atoms with Crippen molar-refractivity contribution in [2.45, 2.75) is 34.3 Å². The Kier molecular flexibility index (Phi) is 7.65. The minimum Gasteiger partial charge on any atom is -0.495 e. The van der Waals surface area contributed by atoms with E-state index in [1.165, 1.54) is 5.56 Å². The van der Waals surface area contributed by atoms with Crippen molar-refractivity contribution in [3.63, 3.8) is 0 Å². The number of amides is 1. The van der Waals surface area contributed by atoms with Gasteiger partial charge in [0.1, 0.15) is 23.9 Å². The standard InChI is InChI=1S/C26H28ClNO4/c1-6-31-23-9-7-19(26(29)28-21-8-10-24(30-5)22(27)14-21)13-20(23)15-32-25-12-16(2)11-17(3)18(25)4/h7-14H,6,15H2,1-5H3,(H,28,29). The second kappa shape index (κ2) is 10.4. The van der Waals surface area contributed by atoms with Gasteiger partial charge in [-0.1, -0.05) is 17.7 Å². The first-order valence-corrected chi connectivity index (χ1v) is 10.8. The molecular weight excluding hydrogens is 426 g/mol. The topological polar surface area (TPSA) is 56.8 Å². The van der Waals surface area contributed by atoms with Crippen molar-refractivity contribution in [1.29, 1.82) is 0 Å². The van der Waals surface area contributed by atoms with Crippen molar-refractivity contribution in [3.05, 3.63) is 81.4 Å². The Hall–Kier alpha value is -3.18. The van der Waals surface area contributed by atoms with E-state index in [-0.39, 0.29) is 12.5 Å². The molecule has 3 aromatic carbocycles. The number of hydrogen-bond donors (Lipinski definition) is 1. The van der Waals surface area contributed by atoms with Crippen LogP contribution in [-0.4, -0.2) is 19.6 Å². The molecule has 1 amide bonds. The van der Waals surface area contributed by atoms with Crippen molar-refractivity contribution in [2.75, 3.05) is 19.0 Å². The molecule has 1 N–H and O–H groups in total. The molecule has 0 aliphatic heterocycles. The van der Waals surface area contributed by atoms with Crippen molar-refractivity contribution in [1.82, 2.24) is 0 Å². The lowest BCUT2D eigenvalue weighted by Crippen LogP contribution is -2.13. The largest absolute Gasteiger partial charge is 0.495 e. The first kappa shape index (κ1) is 23.5. The SMILES string of the molecule is CCOc1ccc(C(=O)Nc2ccc(OC)c(Cl)c2)cc1COc1cc(C)cc(C)c1C. The highest BCUT2D eigenvalue weighted by Gasteiger charge is 2.14. The highest BCUT2D eigenvalue weighted by molar-refractivity contribution is 6.32. The highest BCUT2D eigenvalue weighted by Crippen LogP contribution is 2.29. The molecule has 3 aromatic rings. The second-order valence-electron chi connectivity index (χ2n) is 7.55. The summed E-state index contributed by atoms with van der Waals surface area (Å²) in [6, 6.07) is 14.6. The van der Waals surface area contributed by atoms with Crippen molar-refractivity contribution in [3.8, 4) is 17.2 Å². The fourth-order valence-electron chi connectivity index (χ4n) is 3.38. The number of ether oxygens (including phenoxy) is 3. The van der Waals surface area contributed by atoms with Gasteiger partial charge < -0.3 is 19.5 Å². The molecule has 3 rings (SSSR count). The van der Waals surface area contributed by atoms with Crippen LogP contribution in [0.5, 0.6) is 17.2 Å². The van der Waals surface area contributed by atoms with Crippen LogP contribution in [0.3, 0.4) is 0 Å². The monoisotopic (exact) mass is 453 g/mol. The third-order valence-electron chi connectivity index (χ3n) is 5.18. The van der Waals surface area contributed by atoms with E-state index >= 15 is 0 Å². The Morgan fingerprint density at radius 1 is 0.938 bits per heavy atom. The number of aryl methyl sites for hydroxylation is 2. The van der Waals surface area contributed by atoms with E-state index in [0.717, 1.165) is 22.4 Å². The van der Waals surface area contributed by atoms with Crippen molar-refractivity contribution < 1.29 is 19.0 Å². The van der Waals surface area contributed by atoms with Crippen molar-refractivity contribution >= 4 is 23.2 Å². The highest BCUT2D eigenvalue weighted by atomic mass is 35.5. The molecule has 0 unspecified atom stereocenters. The molecule has 0 saturated carbocycles. The number of halogens is 1. The third-order valence-corrected chi connectivity index (χ3v) is 5.47. The summed E-state index contributed by atoms with van der Waals surface area (Å²) in [6.07, 6.45) is 0. The molecule has 168 valence electrons. The zero-order valence-electron chi connectivity index (χ0n) is 19.0. The lowest BCUT2D eigenvalue weighted by molar-refractivity contribution is 0.102. The Morgan fingerprint density at radius 2 is 1.69 bits per heavy atom. The molecule has 32 heavy (non-hydrogen) atoms. The molecule has 0 fully saturated rings. The molecule has 5 nitrogen and oxygen atoms in total. The molecule has 0 aliphatic carbocycles. The average Bonchev–Trinajstić information content (AvgIpc) is 2.76. The summed E-state index contributed by atoms with van der Waals surface area (Å²) in [4.78, 5) is 12.9. The van der Waals surface area contributed by atoms with Gasteiger partial charge in [-0.05, 0) is 86.8 Å². The molecule has 0 radical (unpaired) electrons. The number of anilines is 1. The van der Waals surface area contributed by atoms with Gasteiger partial charge in [-0.15, -0.1) is 0 Å². The molecule has 0 bridgehead atoms. The van der Waals surface area contributed by atoms with Gasteiger partial charge in [0, 0.05) is 16.8 Å². The van der Waals surface area contributed by atoms with Crippen LogP contribution in [0.2, 0.25) is 5.02 Å². The van der Waals surface area contributed by atoms with E-state index in [4.69, 9.17) is 25.8 Å². The number of carbonyl (C=O) groups excluding carboxylic acids is 1. The fourth-order valence-corrected chi connectivity index (χ4v) is 3.64. The van der Waals surface area contributed by atoms with E-state index in [1.807, 2.05) is 26.8 Å². The fraction of sp³-hybridized carbons (Fsp3) is 0.269. The number of nitrogens with one attached hydrogen (secondary N) is 1. The Balaban J connectivity index is 1.82. The first-order chi connectivity index (χ1) is 15.3. The molecule has 0 atom stereocenters. The lowest BCUT2D eigenvalue weighted by Gasteiger charge is -2.16. The number of benzene rings is 3. The maximum absolute atomic E-state index is 12.9. The van der Waals surface area contributed by atoms with E-state index in [2.05, 4.69) is 18.3 Å². The van der Waals surface area contributed by atoms with Gasteiger partial charge >= 0.3 is 0 Å². The van der Waals surface area contributed by atoms with Crippen LogP contribution in [0.1, 0.15) is 39.5 Å². The van der Waals surface area contributed by atoms with Gasteiger partial charge in [0.25, 0.3) is 5.91 Å². The maximum atomic E-state index is 12.9. The maximum Gasteiger partial charge on any atom is 0.255 e. The van der Waals surface area contributed by atoms with Gasteiger partial charge in [-0.2, -0.15) is 0 Å². The Labute approximate surface area is 194 Å². The van der Waals surface area contributed by atoms with Gasteiger partial charge in [-0.25, -0.2) is 0 Å². The minimum absolute atomic E-state index is 0.252. The van der Waals surface area contributed by atoms with Crippen LogP contribution in [0.4, 0.5) is 5.69 Å². The summed E-state index contributed by atoms with van der Waals surface area (Å²) in [5.41, 5.74) is 5.29. The number of hydrogen-bond acceptors (Lipinski definition) is 4. The molecular formula is C26H28ClNO4. The van der Waals surface area contributed by atoms with E-state index < -0.39 is 0 Å². The number of carbonyl (C=O) groups is 1. The number of rotatable bonds is 8. The molecule has 6 heteroatoms. The zero-order valence-corrected chi connectivity index (χ0v) is 19.8. The molecule has 0 aliphatic rings. The van der Waals surface area contributed by atoms with Crippen LogP contribution in [0.25, 0.3) is 0 Å². The summed E-state index contributed by atoms with van der Waals surface area (Å²) in [6.45, 7) is 8.88. The van der Waals surface area contributed by atoms with Gasteiger partial charge in [0.2, 0.25) is 0 Å². The number of methoxy groups -OCH3 is 1. The molecule has 0 heterocycles. The van der Waals surface area contributed by atoms with Crippen LogP contribution < -0.4 is 19.5 Å². The average molecular weight is 454 g/mol. The normalized spacial score (nSPS) is 10.6. The Bertz CT molecular complexity index is 1130. The summed E-state index contributed by atoms with van der Waals surface area (Å²) in [7, 11) is 1.54. The van der Waals surface area contributed by atoms with Gasteiger partial charge in [-0.3, -0.25) is 4.79 Å². The molecule has 0 spiro atoms. The predicted molar refractivity (Wildman–Crippen MR) is 129 cm³/mol. The minimum atomic E-state index is -0.252. The molecule has 0 saturated heterocycles. The van der Waals surface area contributed by atoms with Gasteiger partial charge in [0.15, 0.2) is 0 Å². The summed E-state index contributed by atoms with van der Waals surface area (Å²) >= 11 is 6.16. The zero-order chi connectivity index (χ0) is 23.3. The van der Waals surface area contributed by atoms with Crippen LogP contribution >= 0.6 is 11.6 Å². The summed E-state index contributed by atoms with van der Waals surface area (Å²) in [5.74, 6) is 1.82. The first-order valence-electron chi connectivity index (χ1n) is 10.4. The van der Waals surface area contributed by atoms with Crippen LogP contribution in [-0.2, 0) is 6.61 Å². The summed E-state index contributed by atoms with van der Waals surface area (Å²) < 4.78 is 17.0. The van der Waals surface area contributed by atoms with Crippen molar-refractivity contribution in [2.24, 2.45) is 0 Å². The quantitative estimate of drug-likeness (QED) is 0.422. The summed E-state index contributed by atoms with van der Waals surface area (Å²) in [5, 5.41) is 3.29. The molecule has 0 aromatic heterocycles. The van der Waals surface area contributed by atoms with Crippen LogP contribution in [0, 0.1) is 20.8 Å². The predicted octanol–water partition coefficient (Wildman–Crippen LogP) is 6.50. The van der Waals surface area contributed by atoms with E-state index in [0.29, 0.717) is 34.4 Å². The second-order valence-corrected chi connectivity index (χ2v) is 7.96.